The van der Waals surface area contributed by atoms with Crippen LogP contribution >= 0.6 is 0 Å². The molecule has 1 fully saturated rings. The van der Waals surface area contributed by atoms with Gasteiger partial charge in [-0.15, -0.1) is 0 Å². The van der Waals surface area contributed by atoms with Crippen LogP contribution in [-0.2, 0) is 14.3 Å². The fourth-order valence-electron chi connectivity index (χ4n) is 2.29. The van der Waals surface area contributed by atoms with Crippen molar-refractivity contribution >= 4 is 18.0 Å². The van der Waals surface area contributed by atoms with E-state index in [1.54, 1.807) is 6.08 Å². The van der Waals surface area contributed by atoms with Crippen LogP contribution in [0.25, 0.3) is 6.08 Å². The van der Waals surface area contributed by atoms with Crippen molar-refractivity contribution in [1.29, 1.82) is 0 Å². The standard InChI is InChI=1S/C18H23NO5/c1-3-13(2)24-15-7-5-4-6-14(15)8-9-17(20)19-10-11-23-16(12-19)18(21)22/h4-9,13,16H,3,10-12H2,1-2H3,(H,21,22)/b9-8+. The third-order valence-corrected chi connectivity index (χ3v) is 3.88. The molecule has 0 radical (unpaired) electrons. The van der Waals surface area contributed by atoms with Gasteiger partial charge in [-0.05, 0) is 25.5 Å². The van der Waals surface area contributed by atoms with E-state index in [1.165, 1.54) is 11.0 Å². The van der Waals surface area contributed by atoms with Gasteiger partial charge in [0.25, 0.3) is 0 Å². The van der Waals surface area contributed by atoms with E-state index < -0.39 is 12.1 Å². The lowest BCUT2D eigenvalue weighted by Crippen LogP contribution is -2.48. The number of carbonyl (C=O) groups excluding carboxylic acids is 1. The molecule has 1 aliphatic rings. The topological polar surface area (TPSA) is 76.1 Å². The molecule has 1 N–H and O–H groups in total. The number of nitrogens with zero attached hydrogens (tertiary/aromatic N) is 1. The summed E-state index contributed by atoms with van der Waals surface area (Å²) < 4.78 is 11.0. The van der Waals surface area contributed by atoms with Crippen LogP contribution in [-0.4, -0.2) is 53.8 Å². The highest BCUT2D eigenvalue weighted by atomic mass is 16.5. The van der Waals surface area contributed by atoms with Gasteiger partial charge in [0.15, 0.2) is 6.10 Å². The second kappa shape index (κ2) is 8.49. The quantitative estimate of drug-likeness (QED) is 0.808. The minimum absolute atomic E-state index is 0.0590. The van der Waals surface area contributed by atoms with Crippen molar-refractivity contribution < 1.29 is 24.2 Å². The molecule has 1 saturated heterocycles. The minimum Gasteiger partial charge on any atom is -0.490 e. The zero-order valence-corrected chi connectivity index (χ0v) is 14.0. The maximum absolute atomic E-state index is 12.3. The summed E-state index contributed by atoms with van der Waals surface area (Å²) in [6, 6.07) is 7.51. The number of aliphatic carboxylic acids is 1. The van der Waals surface area contributed by atoms with E-state index in [2.05, 4.69) is 0 Å². The van der Waals surface area contributed by atoms with Crippen LogP contribution in [0.1, 0.15) is 25.8 Å². The maximum Gasteiger partial charge on any atom is 0.334 e. The largest absolute Gasteiger partial charge is 0.490 e. The number of carboxylic acid groups (broad SMARTS) is 1. The molecule has 1 aliphatic heterocycles. The molecule has 0 aliphatic carbocycles. The SMILES string of the molecule is CCC(C)Oc1ccccc1/C=C/C(=O)N1CCOC(C(=O)O)C1. The number of rotatable bonds is 6. The molecule has 1 aromatic carbocycles. The Hall–Kier alpha value is -2.34. The number of morpholine rings is 1. The first-order valence-corrected chi connectivity index (χ1v) is 8.08. The van der Waals surface area contributed by atoms with Gasteiger partial charge in [0.1, 0.15) is 5.75 Å². The molecule has 130 valence electrons. The molecule has 1 amide bonds. The number of amides is 1. The Morgan fingerprint density at radius 2 is 2.21 bits per heavy atom. The zero-order valence-electron chi connectivity index (χ0n) is 14.0. The number of benzene rings is 1. The van der Waals surface area contributed by atoms with Crippen molar-refractivity contribution in [3.05, 3.63) is 35.9 Å². The third kappa shape index (κ3) is 4.83. The Morgan fingerprint density at radius 3 is 2.92 bits per heavy atom. The van der Waals surface area contributed by atoms with Gasteiger partial charge in [0.2, 0.25) is 5.91 Å². The number of carbonyl (C=O) groups is 2. The summed E-state index contributed by atoms with van der Waals surface area (Å²) in [5.41, 5.74) is 0.814. The van der Waals surface area contributed by atoms with Crippen molar-refractivity contribution in [3.63, 3.8) is 0 Å². The van der Waals surface area contributed by atoms with E-state index in [-0.39, 0.29) is 25.2 Å². The van der Waals surface area contributed by atoms with E-state index in [1.807, 2.05) is 38.1 Å². The van der Waals surface area contributed by atoms with Gasteiger partial charge in [-0.1, -0.05) is 25.1 Å². The molecule has 0 saturated carbocycles. The van der Waals surface area contributed by atoms with Crippen LogP contribution in [0.2, 0.25) is 0 Å². The first-order chi connectivity index (χ1) is 11.5. The molecule has 6 heteroatoms. The summed E-state index contributed by atoms with van der Waals surface area (Å²) in [7, 11) is 0. The first kappa shape index (κ1) is 18.0. The Bertz CT molecular complexity index is 613. The van der Waals surface area contributed by atoms with Gasteiger partial charge >= 0.3 is 5.97 Å². The van der Waals surface area contributed by atoms with Crippen molar-refractivity contribution in [1.82, 2.24) is 4.90 Å². The van der Waals surface area contributed by atoms with E-state index in [0.717, 1.165) is 17.7 Å². The summed E-state index contributed by atoms with van der Waals surface area (Å²) in [4.78, 5) is 24.7. The maximum atomic E-state index is 12.3. The van der Waals surface area contributed by atoms with Crippen LogP contribution in [0.5, 0.6) is 5.75 Å². The number of ether oxygens (including phenoxy) is 2. The van der Waals surface area contributed by atoms with Gasteiger partial charge < -0.3 is 19.5 Å². The van der Waals surface area contributed by atoms with Crippen LogP contribution in [0.15, 0.2) is 30.3 Å². The predicted octanol–water partition coefficient (Wildman–Crippen LogP) is 2.19. The lowest BCUT2D eigenvalue weighted by atomic mass is 10.1. The average molecular weight is 333 g/mol. The van der Waals surface area contributed by atoms with Crippen molar-refractivity contribution in [2.24, 2.45) is 0 Å². The van der Waals surface area contributed by atoms with E-state index in [4.69, 9.17) is 14.6 Å². The molecule has 1 heterocycles. The Balaban J connectivity index is 2.05. The lowest BCUT2D eigenvalue weighted by Gasteiger charge is -2.30. The molecular formula is C18H23NO5. The number of hydrogen-bond acceptors (Lipinski definition) is 4. The molecule has 6 nitrogen and oxygen atoms in total. The smallest absolute Gasteiger partial charge is 0.334 e. The van der Waals surface area contributed by atoms with Gasteiger partial charge in [-0.3, -0.25) is 4.79 Å². The highest BCUT2D eigenvalue weighted by molar-refractivity contribution is 5.92. The Labute approximate surface area is 141 Å². The predicted molar refractivity (Wildman–Crippen MR) is 89.8 cm³/mol. The second-order valence-corrected chi connectivity index (χ2v) is 5.69. The summed E-state index contributed by atoms with van der Waals surface area (Å²) in [6.07, 6.45) is 3.17. The fraction of sp³-hybridized carbons (Fsp3) is 0.444. The van der Waals surface area contributed by atoms with Crippen molar-refractivity contribution in [2.45, 2.75) is 32.5 Å². The molecule has 1 aromatic rings. The molecule has 0 bridgehead atoms. The number of hydrogen-bond donors (Lipinski definition) is 1. The summed E-state index contributed by atoms with van der Waals surface area (Å²) in [5.74, 6) is -0.562. The highest BCUT2D eigenvalue weighted by Gasteiger charge is 2.27. The van der Waals surface area contributed by atoms with E-state index in [9.17, 15) is 9.59 Å². The fourth-order valence-corrected chi connectivity index (χ4v) is 2.29. The van der Waals surface area contributed by atoms with Crippen molar-refractivity contribution in [2.75, 3.05) is 19.7 Å². The number of carboxylic acids is 1. The highest BCUT2D eigenvalue weighted by Crippen LogP contribution is 2.21. The van der Waals surface area contributed by atoms with Crippen LogP contribution in [0.3, 0.4) is 0 Å². The monoisotopic (exact) mass is 333 g/mol. The third-order valence-electron chi connectivity index (χ3n) is 3.88. The molecule has 2 rings (SSSR count). The van der Waals surface area contributed by atoms with Gasteiger partial charge in [-0.2, -0.15) is 0 Å². The zero-order chi connectivity index (χ0) is 17.5. The molecule has 2 unspecified atom stereocenters. The van der Waals surface area contributed by atoms with Crippen LogP contribution in [0, 0.1) is 0 Å². The van der Waals surface area contributed by atoms with Gasteiger partial charge in [0, 0.05) is 18.2 Å². The minimum atomic E-state index is -1.05. The molecule has 2 atom stereocenters. The normalized spacial score (nSPS) is 19.2. The molecule has 0 aromatic heterocycles. The van der Waals surface area contributed by atoms with E-state index >= 15 is 0 Å². The molecule has 24 heavy (non-hydrogen) atoms. The Morgan fingerprint density at radius 1 is 1.46 bits per heavy atom. The summed E-state index contributed by atoms with van der Waals surface area (Å²) in [5, 5.41) is 8.99. The Kier molecular flexibility index (Phi) is 6.37. The number of para-hydroxylation sites is 1. The molecular weight excluding hydrogens is 310 g/mol. The average Bonchev–Trinajstić information content (AvgIpc) is 2.60. The van der Waals surface area contributed by atoms with Gasteiger partial charge in [0.05, 0.1) is 19.3 Å². The summed E-state index contributed by atoms with van der Waals surface area (Å²) >= 11 is 0. The summed E-state index contributed by atoms with van der Waals surface area (Å²) in [6.45, 7) is 4.71. The lowest BCUT2D eigenvalue weighted by molar-refractivity contribution is -0.158. The van der Waals surface area contributed by atoms with Crippen molar-refractivity contribution in [3.8, 4) is 5.75 Å². The van der Waals surface area contributed by atoms with E-state index in [0.29, 0.717) is 6.54 Å². The molecule has 0 spiro atoms. The van der Waals surface area contributed by atoms with Crippen LogP contribution < -0.4 is 4.74 Å². The second-order valence-electron chi connectivity index (χ2n) is 5.69. The van der Waals surface area contributed by atoms with Gasteiger partial charge in [-0.25, -0.2) is 4.79 Å². The van der Waals surface area contributed by atoms with Crippen LogP contribution in [0.4, 0.5) is 0 Å². The first-order valence-electron chi connectivity index (χ1n) is 8.08.